The number of aliphatic hydroxyl groups is 1. The highest BCUT2D eigenvalue weighted by atomic mass is 16.6. The molecule has 2 atom stereocenters. The zero-order valence-electron chi connectivity index (χ0n) is 12.3. The van der Waals surface area contributed by atoms with E-state index in [0.29, 0.717) is 19.6 Å². The van der Waals surface area contributed by atoms with Crippen molar-refractivity contribution >= 4 is 5.97 Å². The molecule has 1 saturated heterocycles. The second-order valence-electron chi connectivity index (χ2n) is 5.38. The van der Waals surface area contributed by atoms with Crippen LogP contribution in [0.15, 0.2) is 30.3 Å². The van der Waals surface area contributed by atoms with Crippen molar-refractivity contribution in [3.8, 4) is 0 Å². The predicted molar refractivity (Wildman–Crippen MR) is 76.7 cm³/mol. The van der Waals surface area contributed by atoms with Crippen molar-refractivity contribution in [2.45, 2.75) is 37.6 Å². The van der Waals surface area contributed by atoms with Crippen LogP contribution in [0.3, 0.4) is 0 Å². The Balaban J connectivity index is 1.81. The van der Waals surface area contributed by atoms with Crippen molar-refractivity contribution in [1.29, 1.82) is 0 Å². The molecule has 21 heavy (non-hydrogen) atoms. The minimum Gasteiger partial charge on any atom is -0.469 e. The quantitative estimate of drug-likeness (QED) is 0.775. The smallest absolute Gasteiger partial charge is 0.308 e. The summed E-state index contributed by atoms with van der Waals surface area (Å²) in [6.07, 6.45) is 1.42. The molecule has 0 saturated carbocycles. The maximum atomic E-state index is 11.3. The molecule has 1 aliphatic heterocycles. The fourth-order valence-electron chi connectivity index (χ4n) is 2.51. The number of benzene rings is 1. The van der Waals surface area contributed by atoms with E-state index in [1.807, 2.05) is 30.3 Å². The molecule has 5 nitrogen and oxygen atoms in total. The van der Waals surface area contributed by atoms with Crippen LogP contribution in [-0.2, 0) is 25.6 Å². The Labute approximate surface area is 124 Å². The summed E-state index contributed by atoms with van der Waals surface area (Å²) in [4.78, 5) is 11.3. The Morgan fingerprint density at radius 2 is 2.19 bits per heavy atom. The molecule has 0 spiro atoms. The number of hydrogen-bond donors (Lipinski definition) is 1. The van der Waals surface area contributed by atoms with E-state index in [2.05, 4.69) is 4.74 Å². The lowest BCUT2D eigenvalue weighted by Gasteiger charge is -2.27. The lowest BCUT2D eigenvalue weighted by atomic mass is 10.0. The van der Waals surface area contributed by atoms with Crippen LogP contribution in [-0.4, -0.2) is 43.1 Å². The molecule has 5 heteroatoms. The van der Waals surface area contributed by atoms with Gasteiger partial charge in [-0.3, -0.25) is 4.79 Å². The molecule has 1 N–H and O–H groups in total. The fraction of sp³-hybridized carbons (Fsp3) is 0.562. The first kappa shape index (κ1) is 15.9. The molecule has 0 amide bonds. The van der Waals surface area contributed by atoms with Crippen LogP contribution in [0.1, 0.15) is 24.8 Å². The second kappa shape index (κ2) is 7.54. The van der Waals surface area contributed by atoms with Crippen LogP contribution in [0.25, 0.3) is 0 Å². The first-order valence-corrected chi connectivity index (χ1v) is 7.14. The average Bonchev–Trinajstić information content (AvgIpc) is 2.92. The highest BCUT2D eigenvalue weighted by molar-refractivity contribution is 5.69. The number of esters is 1. The van der Waals surface area contributed by atoms with Crippen LogP contribution >= 0.6 is 0 Å². The highest BCUT2D eigenvalue weighted by Crippen LogP contribution is 2.32. The Bertz CT molecular complexity index is 447. The van der Waals surface area contributed by atoms with Gasteiger partial charge in [0.15, 0.2) is 0 Å². The van der Waals surface area contributed by atoms with Gasteiger partial charge in [-0.25, -0.2) is 0 Å². The third-order valence-corrected chi connectivity index (χ3v) is 3.73. The van der Waals surface area contributed by atoms with Crippen LogP contribution < -0.4 is 0 Å². The molecule has 0 bridgehead atoms. The van der Waals surface area contributed by atoms with E-state index in [1.165, 1.54) is 7.11 Å². The van der Waals surface area contributed by atoms with E-state index in [-0.39, 0.29) is 25.1 Å². The normalized spacial score (nSPS) is 25.0. The van der Waals surface area contributed by atoms with Gasteiger partial charge in [0.1, 0.15) is 5.60 Å². The van der Waals surface area contributed by atoms with E-state index in [0.717, 1.165) is 12.0 Å². The third kappa shape index (κ3) is 4.52. The molecule has 1 aliphatic rings. The first-order valence-electron chi connectivity index (χ1n) is 7.14. The molecule has 0 aliphatic carbocycles. The summed E-state index contributed by atoms with van der Waals surface area (Å²) in [6.45, 7) is 0.684. The summed E-state index contributed by atoms with van der Waals surface area (Å²) in [6, 6.07) is 9.84. The van der Waals surface area contributed by atoms with E-state index in [9.17, 15) is 9.90 Å². The predicted octanol–water partition coefficient (Wildman–Crippen LogP) is 1.68. The van der Waals surface area contributed by atoms with Gasteiger partial charge in [0.2, 0.25) is 0 Å². The van der Waals surface area contributed by atoms with Crippen LogP contribution in [0.2, 0.25) is 0 Å². The molecule has 0 unspecified atom stereocenters. The SMILES string of the molecule is COC(=O)C[C@@H]1CC[C@](CO)(COCc2ccccc2)O1. The summed E-state index contributed by atoms with van der Waals surface area (Å²) in [5.41, 5.74) is 0.377. The Morgan fingerprint density at radius 1 is 1.43 bits per heavy atom. The number of rotatable bonds is 7. The number of hydrogen-bond acceptors (Lipinski definition) is 5. The van der Waals surface area contributed by atoms with Gasteiger partial charge in [-0.1, -0.05) is 30.3 Å². The monoisotopic (exact) mass is 294 g/mol. The largest absolute Gasteiger partial charge is 0.469 e. The molecule has 0 aromatic heterocycles. The molecule has 1 aromatic carbocycles. The molecule has 116 valence electrons. The number of carbonyl (C=O) groups excluding carboxylic acids is 1. The summed E-state index contributed by atoms with van der Waals surface area (Å²) >= 11 is 0. The van der Waals surface area contributed by atoms with Gasteiger partial charge in [-0.15, -0.1) is 0 Å². The van der Waals surface area contributed by atoms with Gasteiger partial charge < -0.3 is 19.3 Å². The lowest BCUT2D eigenvalue weighted by molar-refractivity contribution is -0.150. The van der Waals surface area contributed by atoms with Crippen molar-refractivity contribution in [3.63, 3.8) is 0 Å². The number of ether oxygens (including phenoxy) is 3. The van der Waals surface area contributed by atoms with Crippen molar-refractivity contribution in [1.82, 2.24) is 0 Å². The average molecular weight is 294 g/mol. The van der Waals surface area contributed by atoms with Gasteiger partial charge in [0.05, 0.1) is 39.5 Å². The maximum absolute atomic E-state index is 11.3. The maximum Gasteiger partial charge on any atom is 0.308 e. The van der Waals surface area contributed by atoms with Gasteiger partial charge in [-0.2, -0.15) is 0 Å². The molecule has 1 fully saturated rings. The fourth-order valence-corrected chi connectivity index (χ4v) is 2.51. The Hall–Kier alpha value is -1.43. The number of aliphatic hydroxyl groups excluding tert-OH is 1. The van der Waals surface area contributed by atoms with E-state index < -0.39 is 5.60 Å². The third-order valence-electron chi connectivity index (χ3n) is 3.73. The van der Waals surface area contributed by atoms with E-state index in [1.54, 1.807) is 0 Å². The number of carbonyl (C=O) groups is 1. The number of methoxy groups -OCH3 is 1. The Kier molecular flexibility index (Phi) is 5.73. The van der Waals surface area contributed by atoms with Crippen molar-refractivity contribution in [2.75, 3.05) is 20.3 Å². The van der Waals surface area contributed by atoms with Crippen LogP contribution in [0.5, 0.6) is 0 Å². The van der Waals surface area contributed by atoms with Gasteiger partial charge in [0, 0.05) is 0 Å². The summed E-state index contributed by atoms with van der Waals surface area (Å²) in [5, 5.41) is 9.60. The van der Waals surface area contributed by atoms with Crippen LogP contribution in [0.4, 0.5) is 0 Å². The molecule has 0 radical (unpaired) electrons. The van der Waals surface area contributed by atoms with Gasteiger partial charge >= 0.3 is 5.97 Å². The highest BCUT2D eigenvalue weighted by Gasteiger charge is 2.40. The summed E-state index contributed by atoms with van der Waals surface area (Å²) in [7, 11) is 1.36. The molecule has 1 aromatic rings. The Morgan fingerprint density at radius 3 is 2.86 bits per heavy atom. The minimum atomic E-state index is -0.701. The van der Waals surface area contributed by atoms with E-state index >= 15 is 0 Å². The van der Waals surface area contributed by atoms with Crippen molar-refractivity contribution in [3.05, 3.63) is 35.9 Å². The second-order valence-corrected chi connectivity index (χ2v) is 5.38. The van der Waals surface area contributed by atoms with Crippen molar-refractivity contribution < 1.29 is 24.1 Å². The van der Waals surface area contributed by atoms with Crippen LogP contribution in [0, 0.1) is 0 Å². The van der Waals surface area contributed by atoms with Gasteiger partial charge in [-0.05, 0) is 18.4 Å². The zero-order valence-corrected chi connectivity index (χ0v) is 12.3. The summed E-state index contributed by atoms with van der Waals surface area (Å²) in [5.74, 6) is -0.293. The topological polar surface area (TPSA) is 65.0 Å². The standard InChI is InChI=1S/C16H22O5/c1-19-15(18)9-14-7-8-16(11-17,21-14)12-20-10-13-5-3-2-4-6-13/h2-6,14,17H,7-12H2,1H3/t14-,16-/m0/s1. The molecular formula is C16H22O5. The molecule has 1 heterocycles. The lowest BCUT2D eigenvalue weighted by Crippen LogP contribution is -2.39. The molecule has 2 rings (SSSR count). The van der Waals surface area contributed by atoms with E-state index in [4.69, 9.17) is 9.47 Å². The minimum absolute atomic E-state index is 0.112. The van der Waals surface area contributed by atoms with Gasteiger partial charge in [0.25, 0.3) is 0 Å². The summed E-state index contributed by atoms with van der Waals surface area (Å²) < 4.78 is 16.1. The van der Waals surface area contributed by atoms with Crippen molar-refractivity contribution in [2.24, 2.45) is 0 Å². The molecular weight excluding hydrogens is 272 g/mol. The first-order chi connectivity index (χ1) is 10.2. The zero-order chi connectivity index (χ0) is 15.1.